The van der Waals surface area contributed by atoms with Crippen LogP contribution in [-0.4, -0.2) is 48.1 Å². The van der Waals surface area contributed by atoms with Gasteiger partial charge >= 0.3 is 5.92 Å². The Morgan fingerprint density at radius 1 is 1.06 bits per heavy atom. The molecular formula is C26H33F2N3O4. The molecule has 0 saturated heterocycles. The van der Waals surface area contributed by atoms with Crippen molar-refractivity contribution in [3.05, 3.63) is 52.8 Å². The monoisotopic (exact) mass is 489 g/mol. The van der Waals surface area contributed by atoms with Crippen molar-refractivity contribution in [2.45, 2.75) is 52.2 Å². The Kier molecular flexibility index (Phi) is 7.81. The summed E-state index contributed by atoms with van der Waals surface area (Å²) in [5.41, 5.74) is -0.688. The van der Waals surface area contributed by atoms with Gasteiger partial charge in [0.15, 0.2) is 11.5 Å². The first-order chi connectivity index (χ1) is 16.4. The van der Waals surface area contributed by atoms with E-state index in [9.17, 15) is 13.9 Å². The third-order valence-corrected chi connectivity index (χ3v) is 5.94. The molecule has 2 N–H and O–H groups in total. The summed E-state index contributed by atoms with van der Waals surface area (Å²) in [6, 6.07) is 7.91. The molecule has 1 aromatic heterocycles. The molecule has 0 aliphatic heterocycles. The van der Waals surface area contributed by atoms with Crippen LogP contribution >= 0.6 is 0 Å². The van der Waals surface area contributed by atoms with Crippen molar-refractivity contribution in [2.24, 2.45) is 0 Å². The summed E-state index contributed by atoms with van der Waals surface area (Å²) < 4.78 is 46.3. The third kappa shape index (κ3) is 5.46. The van der Waals surface area contributed by atoms with Gasteiger partial charge in [-0.15, -0.1) is 0 Å². The molecule has 1 atom stereocenters. The second-order valence-electron chi connectivity index (χ2n) is 9.00. The fourth-order valence-electron chi connectivity index (χ4n) is 3.95. The molecule has 0 fully saturated rings. The zero-order valence-corrected chi connectivity index (χ0v) is 21.2. The highest BCUT2D eigenvalue weighted by Crippen LogP contribution is 2.42. The van der Waals surface area contributed by atoms with E-state index >= 15 is 0 Å². The van der Waals surface area contributed by atoms with E-state index in [1.807, 2.05) is 6.92 Å². The lowest BCUT2D eigenvalue weighted by atomic mass is 9.87. The van der Waals surface area contributed by atoms with Crippen LogP contribution in [0.1, 0.15) is 49.3 Å². The van der Waals surface area contributed by atoms with E-state index in [1.165, 1.54) is 6.07 Å². The highest BCUT2D eigenvalue weighted by molar-refractivity contribution is 5.92. The molecule has 1 heterocycles. The molecule has 7 nitrogen and oxygen atoms in total. The maximum atomic E-state index is 15.0. The number of aliphatic hydroxyl groups is 1. The lowest BCUT2D eigenvalue weighted by molar-refractivity contribution is -0.168. The highest BCUT2D eigenvalue weighted by Gasteiger charge is 2.48. The number of ether oxygens (including phenoxy) is 3. The van der Waals surface area contributed by atoms with Crippen molar-refractivity contribution < 1.29 is 28.1 Å². The van der Waals surface area contributed by atoms with Crippen molar-refractivity contribution in [3.8, 4) is 11.5 Å². The molecule has 35 heavy (non-hydrogen) atoms. The topological polar surface area (TPSA) is 85.7 Å². The Morgan fingerprint density at radius 3 is 2.40 bits per heavy atom. The zero-order valence-electron chi connectivity index (χ0n) is 21.2. The molecule has 0 bridgehead atoms. The van der Waals surface area contributed by atoms with Crippen LogP contribution in [0.4, 0.5) is 14.6 Å². The number of benzene rings is 2. The van der Waals surface area contributed by atoms with Crippen LogP contribution in [0.5, 0.6) is 11.5 Å². The van der Waals surface area contributed by atoms with Crippen molar-refractivity contribution in [2.75, 3.05) is 32.8 Å². The Morgan fingerprint density at radius 2 is 1.77 bits per heavy atom. The van der Waals surface area contributed by atoms with Crippen molar-refractivity contribution in [1.29, 1.82) is 0 Å². The minimum atomic E-state index is -3.42. The third-order valence-electron chi connectivity index (χ3n) is 5.94. The molecule has 3 aromatic rings. The van der Waals surface area contributed by atoms with Gasteiger partial charge in [0.25, 0.3) is 0 Å². The van der Waals surface area contributed by atoms with E-state index in [1.54, 1.807) is 52.3 Å². The second kappa shape index (κ2) is 10.3. The SMILES string of the molecule is COCCOc1cc2c(NC(C)c3cccc(C(F)(F)C(C)(C)O)c3C)nc(C)nc2cc1OC. The lowest BCUT2D eigenvalue weighted by Crippen LogP contribution is -2.40. The largest absolute Gasteiger partial charge is 0.493 e. The minimum Gasteiger partial charge on any atom is -0.493 e. The van der Waals surface area contributed by atoms with E-state index in [2.05, 4.69) is 15.3 Å². The van der Waals surface area contributed by atoms with Gasteiger partial charge in [-0.3, -0.25) is 0 Å². The van der Waals surface area contributed by atoms with E-state index in [0.717, 1.165) is 13.8 Å². The normalized spacial score (nSPS) is 13.1. The first-order valence-corrected chi connectivity index (χ1v) is 11.4. The number of aryl methyl sites for hydroxylation is 1. The molecule has 0 radical (unpaired) electrons. The van der Waals surface area contributed by atoms with Gasteiger partial charge in [-0.2, -0.15) is 8.78 Å². The summed E-state index contributed by atoms with van der Waals surface area (Å²) in [6.45, 7) is 8.26. The van der Waals surface area contributed by atoms with Crippen LogP contribution < -0.4 is 14.8 Å². The highest BCUT2D eigenvalue weighted by atomic mass is 19.3. The van der Waals surface area contributed by atoms with Gasteiger partial charge in [-0.25, -0.2) is 9.97 Å². The number of aromatic nitrogens is 2. The van der Waals surface area contributed by atoms with E-state index in [0.29, 0.717) is 58.4 Å². The molecule has 0 amide bonds. The minimum absolute atomic E-state index is 0.210. The first-order valence-electron chi connectivity index (χ1n) is 11.4. The standard InChI is InChI=1S/C26H33F2N3O4/c1-15-18(9-8-10-20(15)26(27,28)25(4,5)32)16(2)29-24-19-13-23(35-12-11-33-6)22(34-7)14-21(19)30-17(3)31-24/h8-10,13-14,16,32H,11-12H2,1-7H3,(H,29,30,31). The molecule has 0 aliphatic carbocycles. The fraction of sp³-hybridized carbons (Fsp3) is 0.462. The number of nitrogens with zero attached hydrogens (tertiary/aromatic N) is 2. The summed E-state index contributed by atoms with van der Waals surface area (Å²) in [5, 5.41) is 14.1. The summed E-state index contributed by atoms with van der Waals surface area (Å²) in [7, 11) is 3.15. The molecule has 0 saturated carbocycles. The first kappa shape index (κ1) is 26.6. The van der Waals surface area contributed by atoms with Crippen LogP contribution in [0.2, 0.25) is 0 Å². The summed E-state index contributed by atoms with van der Waals surface area (Å²) >= 11 is 0. The van der Waals surface area contributed by atoms with Crippen LogP contribution in [0.3, 0.4) is 0 Å². The lowest BCUT2D eigenvalue weighted by Gasteiger charge is -2.31. The van der Waals surface area contributed by atoms with Gasteiger partial charge in [0.2, 0.25) is 0 Å². The predicted octanol–water partition coefficient (Wildman–Crippen LogP) is 5.32. The Labute approximate surface area is 204 Å². The van der Waals surface area contributed by atoms with E-state index in [4.69, 9.17) is 14.2 Å². The molecule has 0 spiro atoms. The number of rotatable bonds is 10. The number of alkyl halides is 2. The van der Waals surface area contributed by atoms with Crippen LogP contribution in [0.15, 0.2) is 30.3 Å². The molecule has 190 valence electrons. The van der Waals surface area contributed by atoms with Crippen LogP contribution in [0, 0.1) is 13.8 Å². The number of hydrogen-bond donors (Lipinski definition) is 2. The summed E-state index contributed by atoms with van der Waals surface area (Å²) in [6.07, 6.45) is 0. The van der Waals surface area contributed by atoms with Crippen LogP contribution in [-0.2, 0) is 10.7 Å². The maximum Gasteiger partial charge on any atom is 0.300 e. The van der Waals surface area contributed by atoms with E-state index < -0.39 is 11.5 Å². The molecule has 0 aliphatic rings. The average molecular weight is 490 g/mol. The van der Waals surface area contributed by atoms with Crippen molar-refractivity contribution in [3.63, 3.8) is 0 Å². The van der Waals surface area contributed by atoms with E-state index in [-0.39, 0.29) is 11.6 Å². The number of halogens is 2. The Hall–Kier alpha value is -3.04. The van der Waals surface area contributed by atoms with Crippen LogP contribution in [0.25, 0.3) is 10.9 Å². The number of anilines is 1. The molecule has 9 heteroatoms. The Bertz CT molecular complexity index is 1200. The summed E-state index contributed by atoms with van der Waals surface area (Å²) in [5.74, 6) is -1.29. The van der Waals surface area contributed by atoms with Gasteiger partial charge in [0.1, 0.15) is 23.9 Å². The maximum absolute atomic E-state index is 15.0. The van der Waals surface area contributed by atoms with Gasteiger partial charge in [0.05, 0.1) is 25.3 Å². The van der Waals surface area contributed by atoms with Gasteiger partial charge < -0.3 is 24.6 Å². The van der Waals surface area contributed by atoms with Gasteiger partial charge in [0, 0.05) is 24.1 Å². The van der Waals surface area contributed by atoms with Crippen molar-refractivity contribution >= 4 is 16.7 Å². The van der Waals surface area contributed by atoms with Gasteiger partial charge in [-0.05, 0) is 51.8 Å². The smallest absolute Gasteiger partial charge is 0.300 e. The average Bonchev–Trinajstić information content (AvgIpc) is 2.78. The quantitative estimate of drug-likeness (QED) is 0.373. The summed E-state index contributed by atoms with van der Waals surface area (Å²) in [4.78, 5) is 9.08. The fourth-order valence-corrected chi connectivity index (χ4v) is 3.95. The number of fused-ring (bicyclic) bond motifs is 1. The Balaban J connectivity index is 2.03. The molecular weight excluding hydrogens is 456 g/mol. The molecule has 2 aromatic carbocycles. The van der Waals surface area contributed by atoms with Gasteiger partial charge in [-0.1, -0.05) is 18.2 Å². The number of methoxy groups -OCH3 is 2. The number of nitrogens with one attached hydrogen (secondary N) is 1. The second-order valence-corrected chi connectivity index (χ2v) is 9.00. The molecule has 3 rings (SSSR count). The zero-order chi connectivity index (χ0) is 26.0. The van der Waals surface area contributed by atoms with Crippen molar-refractivity contribution in [1.82, 2.24) is 9.97 Å². The predicted molar refractivity (Wildman–Crippen MR) is 132 cm³/mol. The molecule has 1 unspecified atom stereocenters. The number of hydrogen-bond acceptors (Lipinski definition) is 7.